The van der Waals surface area contributed by atoms with Crippen LogP contribution in [0.2, 0.25) is 0 Å². The number of carbonyl (C=O) groups excluding carboxylic acids is 2. The first kappa shape index (κ1) is 18.9. The molecule has 0 amide bonds. The van der Waals surface area contributed by atoms with Crippen LogP contribution in [0.1, 0.15) is 48.9 Å². The average Bonchev–Trinajstić information content (AvgIpc) is 2.84. The molecule has 0 aromatic heterocycles. The summed E-state index contributed by atoms with van der Waals surface area (Å²) in [5.41, 5.74) is 4.40. The number of ketones is 2. The Morgan fingerprint density at radius 3 is 1.68 bits per heavy atom. The van der Waals surface area contributed by atoms with E-state index in [9.17, 15) is 9.59 Å². The highest BCUT2D eigenvalue weighted by molar-refractivity contribution is 6.30. The molecular weight excluding hydrogens is 382 g/mol. The SMILES string of the molecule is O=C1c2ccccc2C(=O)c2c(N=CC(c3ccccc3)c3ccccc3)cccc21. The van der Waals surface area contributed by atoms with Crippen molar-refractivity contribution in [2.45, 2.75) is 5.92 Å². The number of fused-ring (bicyclic) bond motifs is 2. The van der Waals surface area contributed by atoms with Crippen LogP contribution < -0.4 is 0 Å². The Balaban J connectivity index is 1.60. The topological polar surface area (TPSA) is 46.5 Å². The Labute approximate surface area is 180 Å². The molecule has 0 N–H and O–H groups in total. The summed E-state index contributed by atoms with van der Waals surface area (Å²) >= 11 is 0. The van der Waals surface area contributed by atoms with E-state index in [4.69, 9.17) is 4.99 Å². The molecule has 0 saturated heterocycles. The summed E-state index contributed by atoms with van der Waals surface area (Å²) in [5, 5.41) is 0. The lowest BCUT2D eigenvalue weighted by molar-refractivity contribution is 0.0979. The summed E-state index contributed by atoms with van der Waals surface area (Å²) in [4.78, 5) is 30.9. The van der Waals surface area contributed by atoms with Gasteiger partial charge in [-0.3, -0.25) is 14.6 Å². The summed E-state index contributed by atoms with van der Waals surface area (Å²) in [6, 6.07) is 32.5. The summed E-state index contributed by atoms with van der Waals surface area (Å²) in [7, 11) is 0. The van der Waals surface area contributed by atoms with Gasteiger partial charge in [0.2, 0.25) is 0 Å². The second-order valence-corrected chi connectivity index (χ2v) is 7.48. The van der Waals surface area contributed by atoms with E-state index in [2.05, 4.69) is 24.3 Å². The Bertz CT molecular complexity index is 1270. The van der Waals surface area contributed by atoms with E-state index >= 15 is 0 Å². The second-order valence-electron chi connectivity index (χ2n) is 7.48. The van der Waals surface area contributed by atoms with E-state index in [0.717, 1.165) is 11.1 Å². The molecule has 3 heteroatoms. The number of hydrogen-bond acceptors (Lipinski definition) is 3. The Morgan fingerprint density at radius 1 is 0.548 bits per heavy atom. The third-order valence-corrected chi connectivity index (χ3v) is 5.61. The molecule has 0 spiro atoms. The van der Waals surface area contributed by atoms with Crippen LogP contribution >= 0.6 is 0 Å². The highest BCUT2D eigenvalue weighted by atomic mass is 16.1. The van der Waals surface area contributed by atoms with Gasteiger partial charge in [0.05, 0.1) is 11.3 Å². The van der Waals surface area contributed by atoms with E-state index in [1.54, 1.807) is 42.5 Å². The number of aliphatic imine (C=N–C) groups is 1. The van der Waals surface area contributed by atoms with E-state index < -0.39 is 0 Å². The average molecular weight is 401 g/mol. The second kappa shape index (κ2) is 7.96. The van der Waals surface area contributed by atoms with Crippen molar-refractivity contribution in [2.75, 3.05) is 0 Å². The van der Waals surface area contributed by atoms with Gasteiger partial charge in [-0.05, 0) is 17.2 Å². The highest BCUT2D eigenvalue weighted by Crippen LogP contribution is 2.34. The minimum atomic E-state index is -0.158. The number of carbonyl (C=O) groups is 2. The maximum Gasteiger partial charge on any atom is 0.196 e. The first-order valence-electron chi connectivity index (χ1n) is 10.2. The van der Waals surface area contributed by atoms with Gasteiger partial charge in [-0.25, -0.2) is 0 Å². The van der Waals surface area contributed by atoms with Gasteiger partial charge in [-0.15, -0.1) is 0 Å². The number of rotatable bonds is 4. The van der Waals surface area contributed by atoms with Crippen LogP contribution in [0, 0.1) is 0 Å². The van der Waals surface area contributed by atoms with Crippen molar-refractivity contribution >= 4 is 23.5 Å². The zero-order chi connectivity index (χ0) is 21.2. The Hall–Kier alpha value is -4.11. The van der Waals surface area contributed by atoms with Gasteiger partial charge in [-0.1, -0.05) is 97.1 Å². The Kier molecular flexibility index (Phi) is 4.85. The van der Waals surface area contributed by atoms with Gasteiger partial charge in [-0.2, -0.15) is 0 Å². The fraction of sp³-hybridized carbons (Fsp3) is 0.0357. The van der Waals surface area contributed by atoms with Gasteiger partial charge in [0.25, 0.3) is 0 Å². The van der Waals surface area contributed by atoms with Gasteiger partial charge < -0.3 is 0 Å². The van der Waals surface area contributed by atoms with Crippen molar-refractivity contribution in [1.82, 2.24) is 0 Å². The smallest absolute Gasteiger partial charge is 0.196 e. The standard InChI is InChI=1S/C28H19NO2/c30-27-21-14-7-8-15-22(21)28(31)26-23(27)16-9-17-25(26)29-18-24(19-10-3-1-4-11-19)20-12-5-2-6-13-20/h1-18,24H. The first-order valence-corrected chi connectivity index (χ1v) is 10.2. The maximum atomic E-state index is 13.2. The minimum absolute atomic E-state index is 0.0695. The van der Waals surface area contributed by atoms with Crippen molar-refractivity contribution in [1.29, 1.82) is 0 Å². The molecule has 3 nitrogen and oxygen atoms in total. The zero-order valence-corrected chi connectivity index (χ0v) is 16.7. The molecule has 0 radical (unpaired) electrons. The molecule has 4 aromatic carbocycles. The van der Waals surface area contributed by atoms with Gasteiger partial charge in [0, 0.05) is 28.8 Å². The van der Waals surface area contributed by atoms with E-state index in [0.29, 0.717) is 27.9 Å². The molecule has 4 aromatic rings. The maximum absolute atomic E-state index is 13.2. The predicted molar refractivity (Wildman–Crippen MR) is 123 cm³/mol. The monoisotopic (exact) mass is 401 g/mol. The molecule has 0 fully saturated rings. The molecule has 31 heavy (non-hydrogen) atoms. The number of benzene rings is 4. The van der Waals surface area contributed by atoms with Crippen molar-refractivity contribution < 1.29 is 9.59 Å². The van der Waals surface area contributed by atoms with Crippen LogP contribution in [-0.4, -0.2) is 17.8 Å². The third-order valence-electron chi connectivity index (χ3n) is 5.61. The summed E-state index contributed by atoms with van der Waals surface area (Å²) in [6.45, 7) is 0. The van der Waals surface area contributed by atoms with Crippen LogP contribution in [0.15, 0.2) is 108 Å². The molecule has 0 aliphatic heterocycles. The van der Waals surface area contributed by atoms with Gasteiger partial charge >= 0.3 is 0 Å². The number of hydrogen-bond donors (Lipinski definition) is 0. The van der Waals surface area contributed by atoms with E-state index in [1.807, 2.05) is 42.6 Å². The first-order chi connectivity index (χ1) is 15.2. The van der Waals surface area contributed by atoms with Gasteiger partial charge in [0.1, 0.15) is 0 Å². The van der Waals surface area contributed by atoms with Crippen LogP contribution in [0.25, 0.3) is 0 Å². The molecular formula is C28H19NO2. The lowest BCUT2D eigenvalue weighted by atomic mass is 9.83. The van der Waals surface area contributed by atoms with E-state index in [-0.39, 0.29) is 17.5 Å². The zero-order valence-electron chi connectivity index (χ0n) is 16.7. The van der Waals surface area contributed by atoms with Gasteiger partial charge in [0.15, 0.2) is 11.6 Å². The molecule has 1 aliphatic rings. The lowest BCUT2D eigenvalue weighted by Crippen LogP contribution is -2.20. The molecule has 1 aliphatic carbocycles. The molecule has 0 saturated carbocycles. The number of nitrogens with zero attached hydrogens (tertiary/aromatic N) is 1. The minimum Gasteiger partial charge on any atom is -0.289 e. The summed E-state index contributed by atoms with van der Waals surface area (Å²) < 4.78 is 0. The molecule has 5 rings (SSSR count). The van der Waals surface area contributed by atoms with Crippen molar-refractivity contribution in [3.05, 3.63) is 137 Å². The van der Waals surface area contributed by atoms with Crippen LogP contribution in [-0.2, 0) is 0 Å². The predicted octanol–water partition coefficient (Wildman–Crippen LogP) is 6.00. The van der Waals surface area contributed by atoms with Crippen LogP contribution in [0.3, 0.4) is 0 Å². The van der Waals surface area contributed by atoms with Crippen molar-refractivity contribution in [3.8, 4) is 0 Å². The molecule has 0 atom stereocenters. The van der Waals surface area contributed by atoms with Crippen molar-refractivity contribution in [2.24, 2.45) is 4.99 Å². The van der Waals surface area contributed by atoms with Crippen LogP contribution in [0.5, 0.6) is 0 Å². The fourth-order valence-corrected chi connectivity index (χ4v) is 4.07. The lowest BCUT2D eigenvalue weighted by Gasteiger charge is -2.19. The normalized spacial score (nSPS) is 12.8. The molecule has 0 heterocycles. The van der Waals surface area contributed by atoms with Crippen LogP contribution in [0.4, 0.5) is 5.69 Å². The Morgan fingerprint density at radius 2 is 1.06 bits per heavy atom. The third kappa shape index (κ3) is 3.40. The van der Waals surface area contributed by atoms with Crippen molar-refractivity contribution in [3.63, 3.8) is 0 Å². The summed E-state index contributed by atoms with van der Waals surface area (Å²) in [5.74, 6) is -0.362. The van der Waals surface area contributed by atoms with E-state index in [1.165, 1.54) is 0 Å². The molecule has 148 valence electrons. The largest absolute Gasteiger partial charge is 0.289 e. The quantitative estimate of drug-likeness (QED) is 0.347. The highest BCUT2D eigenvalue weighted by Gasteiger charge is 2.31. The summed E-state index contributed by atoms with van der Waals surface area (Å²) in [6.07, 6.45) is 1.86. The molecule has 0 bridgehead atoms. The fourth-order valence-electron chi connectivity index (χ4n) is 4.07. The molecule has 0 unspecified atom stereocenters.